The number of sulfonamides is 1. The van der Waals surface area contributed by atoms with Crippen LogP contribution in [-0.4, -0.2) is 24.2 Å². The van der Waals surface area contributed by atoms with Gasteiger partial charge in [-0.05, 0) is 42.5 Å². The minimum absolute atomic E-state index is 0.0338. The van der Waals surface area contributed by atoms with Crippen LogP contribution in [0.4, 0.5) is 20.9 Å². The Balaban J connectivity index is 1.47. The number of benzene rings is 2. The van der Waals surface area contributed by atoms with Gasteiger partial charge >= 0.3 is 0 Å². The van der Waals surface area contributed by atoms with Crippen LogP contribution >= 0.6 is 22.7 Å². The molecule has 0 saturated heterocycles. The van der Waals surface area contributed by atoms with E-state index in [0.29, 0.717) is 10.6 Å². The van der Waals surface area contributed by atoms with Gasteiger partial charge in [0.15, 0.2) is 5.13 Å². The van der Waals surface area contributed by atoms with Crippen LogP contribution in [0.1, 0.15) is 10.4 Å². The second-order valence-electron chi connectivity index (χ2n) is 6.56. The van der Waals surface area contributed by atoms with E-state index in [4.69, 9.17) is 0 Å². The Kier molecular flexibility index (Phi) is 6.18. The van der Waals surface area contributed by atoms with E-state index in [0.717, 1.165) is 35.6 Å². The number of nitrogens with one attached hydrogen (secondary N) is 2. The third-order valence-corrected chi connectivity index (χ3v) is 7.37. The monoisotopic (exact) mass is 504 g/mol. The summed E-state index contributed by atoms with van der Waals surface area (Å²) in [5.74, 6) is -1.08. The molecule has 2 aromatic heterocycles. The van der Waals surface area contributed by atoms with Crippen LogP contribution < -0.4 is 10.0 Å². The van der Waals surface area contributed by atoms with Crippen molar-refractivity contribution >= 4 is 55.1 Å². The van der Waals surface area contributed by atoms with Crippen LogP contribution in [0.3, 0.4) is 0 Å². The van der Waals surface area contributed by atoms with Crippen molar-refractivity contribution in [3.63, 3.8) is 0 Å². The van der Waals surface area contributed by atoms with Gasteiger partial charge in [-0.15, -0.1) is 22.7 Å². The van der Waals surface area contributed by atoms with E-state index in [1.807, 2.05) is 0 Å². The highest BCUT2D eigenvalue weighted by atomic mass is 32.2. The first-order valence-corrected chi connectivity index (χ1v) is 12.3. The van der Waals surface area contributed by atoms with Gasteiger partial charge in [0.1, 0.15) is 5.82 Å². The van der Waals surface area contributed by atoms with Crippen molar-refractivity contribution in [3.8, 4) is 10.6 Å². The lowest BCUT2D eigenvalue weighted by atomic mass is 10.2. The van der Waals surface area contributed by atoms with Crippen molar-refractivity contribution < 1.29 is 22.5 Å². The molecule has 9 nitrogen and oxygen atoms in total. The average Bonchev–Trinajstić information content (AvgIpc) is 3.43. The largest absolute Gasteiger partial charge is 0.298 e. The Morgan fingerprint density at radius 3 is 2.52 bits per heavy atom. The number of aromatic nitrogens is 1. The van der Waals surface area contributed by atoms with Gasteiger partial charge in [0.2, 0.25) is 0 Å². The minimum atomic E-state index is -3.97. The summed E-state index contributed by atoms with van der Waals surface area (Å²) in [6.07, 6.45) is 0. The number of thiazole rings is 1. The van der Waals surface area contributed by atoms with Gasteiger partial charge in [0.05, 0.1) is 25.8 Å². The zero-order valence-corrected chi connectivity index (χ0v) is 18.8. The number of anilines is 2. The summed E-state index contributed by atoms with van der Waals surface area (Å²) in [5.41, 5.74) is 0.790. The summed E-state index contributed by atoms with van der Waals surface area (Å²) < 4.78 is 40.4. The zero-order chi connectivity index (χ0) is 23.6. The van der Waals surface area contributed by atoms with Crippen LogP contribution in [0.2, 0.25) is 0 Å². The lowest BCUT2D eigenvalue weighted by Gasteiger charge is -2.09. The van der Waals surface area contributed by atoms with E-state index in [2.05, 4.69) is 15.0 Å². The van der Waals surface area contributed by atoms with E-state index in [9.17, 15) is 27.7 Å². The molecular formula is C20H13FN4O5S3. The predicted molar refractivity (Wildman–Crippen MR) is 124 cm³/mol. The normalized spacial score (nSPS) is 11.2. The second-order valence-corrected chi connectivity index (χ2v) is 10.0. The van der Waals surface area contributed by atoms with Crippen LogP contribution in [-0.2, 0) is 10.0 Å². The Hall–Kier alpha value is -3.68. The van der Waals surface area contributed by atoms with Crippen LogP contribution in [0.15, 0.2) is 70.3 Å². The summed E-state index contributed by atoms with van der Waals surface area (Å²) >= 11 is 2.32. The molecule has 0 aliphatic carbocycles. The number of thiophene rings is 1. The number of carbonyl (C=O) groups excluding carboxylic acids is 1. The van der Waals surface area contributed by atoms with Crippen LogP contribution in [0, 0.1) is 15.9 Å². The second kappa shape index (κ2) is 9.05. The van der Waals surface area contributed by atoms with Crippen molar-refractivity contribution in [2.75, 3.05) is 10.0 Å². The van der Waals surface area contributed by atoms with Gasteiger partial charge in [-0.25, -0.2) is 17.8 Å². The maximum absolute atomic E-state index is 13.1. The molecular weight excluding hydrogens is 491 g/mol. The molecule has 0 aliphatic heterocycles. The molecule has 2 N–H and O–H groups in total. The number of carbonyl (C=O) groups is 1. The van der Waals surface area contributed by atoms with Gasteiger partial charge < -0.3 is 0 Å². The molecule has 2 aromatic carbocycles. The Bertz CT molecular complexity index is 1450. The lowest BCUT2D eigenvalue weighted by Crippen LogP contribution is -2.15. The van der Waals surface area contributed by atoms with E-state index in [-0.39, 0.29) is 27.0 Å². The smallest absolute Gasteiger partial charge is 0.280 e. The fourth-order valence-corrected chi connectivity index (χ4v) is 5.37. The van der Waals surface area contributed by atoms with Crippen molar-refractivity contribution in [2.45, 2.75) is 4.90 Å². The highest BCUT2D eigenvalue weighted by Gasteiger charge is 2.17. The predicted octanol–water partition coefficient (Wildman–Crippen LogP) is 4.97. The average molecular weight is 505 g/mol. The molecule has 13 heteroatoms. The maximum atomic E-state index is 13.1. The van der Waals surface area contributed by atoms with E-state index in [1.54, 1.807) is 5.38 Å². The molecule has 33 heavy (non-hydrogen) atoms. The number of rotatable bonds is 7. The fraction of sp³-hybridized carbons (Fsp3) is 0. The molecule has 4 rings (SSSR count). The highest BCUT2D eigenvalue weighted by Crippen LogP contribution is 2.33. The summed E-state index contributed by atoms with van der Waals surface area (Å²) in [6, 6.07) is 11.6. The molecule has 0 aliphatic rings. The molecule has 2 heterocycles. The van der Waals surface area contributed by atoms with Crippen molar-refractivity contribution in [2.24, 2.45) is 0 Å². The first-order valence-electron chi connectivity index (χ1n) is 9.10. The number of nitro groups is 1. The van der Waals surface area contributed by atoms with Gasteiger partial charge in [-0.2, -0.15) is 0 Å². The first kappa shape index (κ1) is 22.5. The minimum Gasteiger partial charge on any atom is -0.298 e. The lowest BCUT2D eigenvalue weighted by molar-refractivity contribution is -0.384. The molecule has 0 spiro atoms. The number of halogens is 1. The molecule has 0 atom stereocenters. The van der Waals surface area contributed by atoms with Crippen LogP contribution in [0.5, 0.6) is 0 Å². The quantitative estimate of drug-likeness (QED) is 0.270. The summed E-state index contributed by atoms with van der Waals surface area (Å²) in [6.45, 7) is 0. The molecule has 1 amide bonds. The van der Waals surface area contributed by atoms with Crippen molar-refractivity contribution in [1.29, 1.82) is 0 Å². The zero-order valence-electron chi connectivity index (χ0n) is 16.4. The summed E-state index contributed by atoms with van der Waals surface area (Å²) in [4.78, 5) is 27.7. The van der Waals surface area contributed by atoms with E-state index < -0.39 is 26.7 Å². The van der Waals surface area contributed by atoms with Crippen LogP contribution in [0.25, 0.3) is 10.6 Å². The third kappa shape index (κ3) is 5.22. The van der Waals surface area contributed by atoms with Crippen molar-refractivity contribution in [1.82, 2.24) is 4.98 Å². The first-order chi connectivity index (χ1) is 15.7. The van der Waals surface area contributed by atoms with E-state index >= 15 is 0 Å². The third-order valence-electron chi connectivity index (χ3n) is 4.27. The highest BCUT2D eigenvalue weighted by molar-refractivity contribution is 7.92. The van der Waals surface area contributed by atoms with Gasteiger partial charge in [-0.3, -0.25) is 24.9 Å². The van der Waals surface area contributed by atoms with E-state index in [1.165, 1.54) is 47.0 Å². The van der Waals surface area contributed by atoms with Gasteiger partial charge in [-0.1, -0.05) is 6.07 Å². The Labute approximate surface area is 194 Å². The molecule has 0 fully saturated rings. The molecule has 0 unspecified atom stereocenters. The van der Waals surface area contributed by atoms with Gasteiger partial charge in [0, 0.05) is 22.7 Å². The number of amides is 1. The number of nitrogens with zero attached hydrogens (tertiary/aromatic N) is 2. The summed E-state index contributed by atoms with van der Waals surface area (Å²) in [7, 11) is -3.97. The Morgan fingerprint density at radius 2 is 1.82 bits per heavy atom. The Morgan fingerprint density at radius 1 is 1.06 bits per heavy atom. The molecule has 0 saturated carbocycles. The standard InChI is InChI=1S/C20H13FN4O5S3/c21-13-4-6-16(7-5-13)33(29,30)24-14-3-1-2-12(8-14)19(26)23-20-22-17(11-32-20)18-9-15(10-31-18)25(27)28/h1-11,24H,(H,22,23,26). The molecule has 168 valence electrons. The number of hydrogen-bond donors (Lipinski definition) is 2. The molecule has 4 aromatic rings. The molecule has 0 radical (unpaired) electrons. The van der Waals surface area contributed by atoms with Gasteiger partial charge in [0.25, 0.3) is 21.6 Å². The topological polar surface area (TPSA) is 131 Å². The molecule has 0 bridgehead atoms. The fourth-order valence-electron chi connectivity index (χ4n) is 2.72. The van der Waals surface area contributed by atoms with Crippen molar-refractivity contribution in [3.05, 3.63) is 86.9 Å². The maximum Gasteiger partial charge on any atom is 0.280 e. The summed E-state index contributed by atoms with van der Waals surface area (Å²) in [5, 5.41) is 16.8. The SMILES string of the molecule is O=C(Nc1nc(-c2cc([N+](=O)[O-])cs2)cs1)c1cccc(NS(=O)(=O)c2ccc(F)cc2)c1. The number of hydrogen-bond acceptors (Lipinski definition) is 8.